The Kier molecular flexibility index (Phi) is 2.33. The van der Waals surface area contributed by atoms with Crippen molar-refractivity contribution in [1.29, 1.82) is 0 Å². The van der Waals surface area contributed by atoms with Crippen LogP contribution in [0.3, 0.4) is 0 Å². The molecular weight excluding hydrogens is 266 g/mol. The van der Waals surface area contributed by atoms with E-state index in [4.69, 9.17) is 10.2 Å². The van der Waals surface area contributed by atoms with E-state index in [0.29, 0.717) is 0 Å². The lowest BCUT2D eigenvalue weighted by molar-refractivity contribution is 0.456. The topological polar surface area (TPSA) is 39.2 Å². The maximum absolute atomic E-state index is 6.48. The third-order valence-electron chi connectivity index (χ3n) is 3.58. The first-order valence-corrected chi connectivity index (χ1v) is 6.45. The van der Waals surface area contributed by atoms with Gasteiger partial charge in [0.25, 0.3) is 0 Å². The average Bonchev–Trinajstić information content (AvgIpc) is 2.87. The second kappa shape index (κ2) is 3.60. The van der Waals surface area contributed by atoms with Crippen LogP contribution in [-0.2, 0) is 5.54 Å². The Bertz CT molecular complexity index is 526. The van der Waals surface area contributed by atoms with E-state index < -0.39 is 0 Å². The summed E-state index contributed by atoms with van der Waals surface area (Å²) in [6.45, 7) is 0. The molecule has 3 heteroatoms. The molecule has 0 saturated heterocycles. The van der Waals surface area contributed by atoms with E-state index in [0.717, 1.165) is 33.8 Å². The number of rotatable bonds is 1. The van der Waals surface area contributed by atoms with Crippen LogP contribution in [0, 0.1) is 0 Å². The quantitative estimate of drug-likeness (QED) is 0.859. The van der Waals surface area contributed by atoms with Gasteiger partial charge in [0.1, 0.15) is 11.8 Å². The highest BCUT2D eigenvalue weighted by Gasteiger charge is 2.33. The Balaban J connectivity index is 2.23. The molecule has 16 heavy (non-hydrogen) atoms. The second-order valence-electron chi connectivity index (χ2n) is 4.63. The first-order chi connectivity index (χ1) is 7.71. The van der Waals surface area contributed by atoms with E-state index in [1.165, 1.54) is 12.8 Å². The van der Waals surface area contributed by atoms with Gasteiger partial charge in [-0.2, -0.15) is 0 Å². The lowest BCUT2D eigenvalue weighted by atomic mass is 9.88. The van der Waals surface area contributed by atoms with Crippen molar-refractivity contribution in [3.05, 3.63) is 34.5 Å². The molecule has 0 atom stereocenters. The van der Waals surface area contributed by atoms with Crippen LogP contribution < -0.4 is 5.73 Å². The maximum atomic E-state index is 6.48. The molecule has 1 aliphatic carbocycles. The largest absolute Gasteiger partial charge is 0.463 e. The second-order valence-corrected chi connectivity index (χ2v) is 5.48. The average molecular weight is 280 g/mol. The van der Waals surface area contributed by atoms with Crippen LogP contribution in [0.2, 0.25) is 0 Å². The molecule has 1 aromatic heterocycles. The molecule has 1 aromatic carbocycles. The summed E-state index contributed by atoms with van der Waals surface area (Å²) in [7, 11) is 0. The third kappa shape index (κ3) is 1.42. The van der Waals surface area contributed by atoms with Crippen LogP contribution in [0.25, 0.3) is 11.0 Å². The van der Waals surface area contributed by atoms with Crippen molar-refractivity contribution in [2.24, 2.45) is 5.73 Å². The van der Waals surface area contributed by atoms with Gasteiger partial charge in [-0.25, -0.2) is 0 Å². The monoisotopic (exact) mass is 279 g/mol. The lowest BCUT2D eigenvalue weighted by Crippen LogP contribution is -2.33. The molecule has 2 aromatic rings. The number of halogens is 1. The number of para-hydroxylation sites is 1. The highest BCUT2D eigenvalue weighted by atomic mass is 79.9. The molecule has 84 valence electrons. The molecule has 1 fully saturated rings. The van der Waals surface area contributed by atoms with Crippen LogP contribution in [0.1, 0.15) is 31.2 Å². The SMILES string of the molecule is NC1(c2cccc3c(Br)coc23)CCCC1. The fourth-order valence-corrected chi connectivity index (χ4v) is 3.10. The summed E-state index contributed by atoms with van der Waals surface area (Å²) in [5.41, 5.74) is 8.40. The summed E-state index contributed by atoms with van der Waals surface area (Å²) in [5.74, 6) is 0. The predicted octanol–water partition coefficient (Wildman–Crippen LogP) is 3.92. The van der Waals surface area contributed by atoms with Gasteiger partial charge in [-0.05, 0) is 34.8 Å². The van der Waals surface area contributed by atoms with Gasteiger partial charge in [-0.1, -0.05) is 25.0 Å². The van der Waals surface area contributed by atoms with E-state index >= 15 is 0 Å². The number of nitrogens with two attached hydrogens (primary N) is 1. The molecular formula is C13H14BrNO. The Morgan fingerprint density at radius 2 is 2.00 bits per heavy atom. The minimum atomic E-state index is -0.184. The first-order valence-electron chi connectivity index (χ1n) is 5.66. The molecule has 0 aliphatic heterocycles. The van der Waals surface area contributed by atoms with E-state index in [-0.39, 0.29) is 5.54 Å². The van der Waals surface area contributed by atoms with Crippen LogP contribution in [0.4, 0.5) is 0 Å². The zero-order valence-electron chi connectivity index (χ0n) is 9.00. The molecule has 1 aliphatic rings. The zero-order chi connectivity index (χ0) is 11.2. The van der Waals surface area contributed by atoms with Crippen molar-refractivity contribution in [2.75, 3.05) is 0 Å². The summed E-state index contributed by atoms with van der Waals surface area (Å²) in [5, 5.41) is 1.12. The fourth-order valence-electron chi connectivity index (χ4n) is 2.69. The molecule has 2 nitrogen and oxygen atoms in total. The standard InChI is InChI=1S/C13H14BrNO/c14-11-8-16-12-9(11)4-3-5-10(12)13(15)6-1-2-7-13/h3-5,8H,1-2,6-7,15H2. The van der Waals surface area contributed by atoms with Crippen molar-refractivity contribution in [1.82, 2.24) is 0 Å². The van der Waals surface area contributed by atoms with E-state index in [2.05, 4.69) is 34.1 Å². The van der Waals surface area contributed by atoms with Crippen LogP contribution >= 0.6 is 15.9 Å². The Morgan fingerprint density at radius 1 is 1.25 bits per heavy atom. The predicted molar refractivity (Wildman–Crippen MR) is 68.2 cm³/mol. The minimum absolute atomic E-state index is 0.184. The van der Waals surface area contributed by atoms with Gasteiger partial charge in [0.2, 0.25) is 0 Å². The Morgan fingerprint density at radius 3 is 2.75 bits per heavy atom. The summed E-state index contributed by atoms with van der Waals surface area (Å²) in [4.78, 5) is 0. The van der Waals surface area contributed by atoms with Gasteiger partial charge in [-0.3, -0.25) is 0 Å². The molecule has 0 amide bonds. The number of fused-ring (bicyclic) bond motifs is 1. The van der Waals surface area contributed by atoms with Gasteiger partial charge in [0.15, 0.2) is 0 Å². The van der Waals surface area contributed by atoms with Gasteiger partial charge in [0, 0.05) is 16.5 Å². The van der Waals surface area contributed by atoms with Crippen LogP contribution in [-0.4, -0.2) is 0 Å². The number of benzene rings is 1. The molecule has 1 heterocycles. The third-order valence-corrected chi connectivity index (χ3v) is 4.20. The summed E-state index contributed by atoms with van der Waals surface area (Å²) in [6.07, 6.45) is 6.30. The van der Waals surface area contributed by atoms with E-state index in [9.17, 15) is 0 Å². The van der Waals surface area contributed by atoms with Crippen molar-refractivity contribution in [3.8, 4) is 0 Å². The molecule has 0 unspecified atom stereocenters. The van der Waals surface area contributed by atoms with E-state index in [1.807, 2.05) is 0 Å². The molecule has 0 bridgehead atoms. The summed E-state index contributed by atoms with van der Waals surface area (Å²) >= 11 is 3.49. The Hall–Kier alpha value is -0.800. The van der Waals surface area contributed by atoms with Gasteiger partial charge >= 0.3 is 0 Å². The van der Waals surface area contributed by atoms with Gasteiger partial charge < -0.3 is 10.2 Å². The highest BCUT2D eigenvalue weighted by molar-refractivity contribution is 9.10. The summed E-state index contributed by atoms with van der Waals surface area (Å²) in [6, 6.07) is 6.22. The zero-order valence-corrected chi connectivity index (χ0v) is 10.6. The lowest BCUT2D eigenvalue weighted by Gasteiger charge is -2.24. The normalized spacial score (nSPS) is 19.4. The Labute approximate surface area is 103 Å². The number of hydrogen-bond donors (Lipinski definition) is 1. The van der Waals surface area contributed by atoms with Crippen LogP contribution in [0.5, 0.6) is 0 Å². The fraction of sp³-hybridized carbons (Fsp3) is 0.385. The first kappa shape index (κ1) is 10.4. The van der Waals surface area contributed by atoms with Crippen molar-refractivity contribution < 1.29 is 4.42 Å². The van der Waals surface area contributed by atoms with Crippen molar-refractivity contribution >= 4 is 26.9 Å². The summed E-state index contributed by atoms with van der Waals surface area (Å²) < 4.78 is 6.64. The van der Waals surface area contributed by atoms with Gasteiger partial charge in [0.05, 0.1) is 4.47 Å². The molecule has 0 radical (unpaired) electrons. The molecule has 3 rings (SSSR count). The molecule has 1 saturated carbocycles. The molecule has 0 spiro atoms. The van der Waals surface area contributed by atoms with Crippen molar-refractivity contribution in [3.63, 3.8) is 0 Å². The van der Waals surface area contributed by atoms with E-state index in [1.54, 1.807) is 6.26 Å². The maximum Gasteiger partial charge on any atom is 0.140 e. The number of hydrogen-bond acceptors (Lipinski definition) is 2. The van der Waals surface area contributed by atoms with Crippen molar-refractivity contribution in [2.45, 2.75) is 31.2 Å². The molecule has 2 N–H and O–H groups in total. The smallest absolute Gasteiger partial charge is 0.140 e. The number of furan rings is 1. The minimum Gasteiger partial charge on any atom is -0.463 e. The highest BCUT2D eigenvalue weighted by Crippen LogP contribution is 2.41. The van der Waals surface area contributed by atoms with Crippen LogP contribution in [0.15, 0.2) is 33.4 Å². The van der Waals surface area contributed by atoms with Gasteiger partial charge in [-0.15, -0.1) is 0 Å².